The minimum atomic E-state index is -0.539. The molecule has 1 atom stereocenters. The van der Waals surface area contributed by atoms with Crippen molar-refractivity contribution in [3.8, 4) is 5.75 Å². The number of guanidine groups is 1. The molecule has 1 unspecified atom stereocenters. The van der Waals surface area contributed by atoms with Gasteiger partial charge in [0, 0.05) is 0 Å². The first-order valence-electron chi connectivity index (χ1n) is 4.15. The highest BCUT2D eigenvalue weighted by molar-refractivity contribution is 5.75. The van der Waals surface area contributed by atoms with Gasteiger partial charge >= 0.3 is 0 Å². The van der Waals surface area contributed by atoms with Crippen LogP contribution in [0.3, 0.4) is 0 Å². The fourth-order valence-electron chi connectivity index (χ4n) is 0.913. The van der Waals surface area contributed by atoms with Crippen molar-refractivity contribution in [3.63, 3.8) is 0 Å². The van der Waals surface area contributed by atoms with Crippen molar-refractivity contribution >= 4 is 5.96 Å². The highest BCUT2D eigenvalue weighted by Crippen LogP contribution is 2.11. The van der Waals surface area contributed by atoms with E-state index in [-0.39, 0.29) is 5.96 Å². The third-order valence-corrected chi connectivity index (χ3v) is 1.48. The molecule has 0 aliphatic carbocycles. The van der Waals surface area contributed by atoms with Gasteiger partial charge in [-0.15, -0.1) is 0 Å². The lowest BCUT2D eigenvalue weighted by Gasteiger charge is -2.10. The molecule has 0 aromatic heterocycles. The molecule has 4 N–H and O–H groups in total. The molecule has 0 amide bonds. The van der Waals surface area contributed by atoms with Crippen molar-refractivity contribution in [2.24, 2.45) is 16.5 Å². The fraction of sp³-hybridized carbons (Fsp3) is 0.100. The van der Waals surface area contributed by atoms with Crippen LogP contribution in [0.25, 0.3) is 0 Å². The number of benzene rings is 1. The van der Waals surface area contributed by atoms with Crippen molar-refractivity contribution < 1.29 is 4.74 Å². The van der Waals surface area contributed by atoms with Crippen molar-refractivity contribution in [1.82, 2.24) is 0 Å². The number of nitrogens with two attached hydrogens (primary N) is 2. The summed E-state index contributed by atoms with van der Waals surface area (Å²) in [5.74, 6) is 0.674. The van der Waals surface area contributed by atoms with Crippen LogP contribution in [0.5, 0.6) is 5.75 Å². The molecular weight excluding hydrogens is 178 g/mol. The smallest absolute Gasteiger partial charge is 0.212 e. The largest absolute Gasteiger partial charge is 0.465 e. The molecule has 4 nitrogen and oxygen atoms in total. The molecule has 0 spiro atoms. The van der Waals surface area contributed by atoms with E-state index in [2.05, 4.69) is 11.6 Å². The number of hydrogen-bond acceptors (Lipinski definition) is 2. The van der Waals surface area contributed by atoms with Crippen LogP contribution in [0.15, 0.2) is 48.0 Å². The predicted molar refractivity (Wildman–Crippen MR) is 56.9 cm³/mol. The lowest BCUT2D eigenvalue weighted by atomic mass is 10.3. The number of hydrogen-bond donors (Lipinski definition) is 2. The summed E-state index contributed by atoms with van der Waals surface area (Å²) < 4.78 is 5.41. The molecule has 0 bridgehead atoms. The Hall–Kier alpha value is -1.97. The molecule has 0 heterocycles. The molecule has 0 fully saturated rings. The summed E-state index contributed by atoms with van der Waals surface area (Å²) in [7, 11) is 0. The summed E-state index contributed by atoms with van der Waals surface area (Å²) in [6, 6.07) is 9.27. The fourth-order valence-corrected chi connectivity index (χ4v) is 0.913. The van der Waals surface area contributed by atoms with Crippen LogP contribution < -0.4 is 16.2 Å². The average Bonchev–Trinajstić information content (AvgIpc) is 2.17. The summed E-state index contributed by atoms with van der Waals surface area (Å²) in [6.07, 6.45) is 0.981. The van der Waals surface area contributed by atoms with Gasteiger partial charge in [-0.3, -0.25) is 0 Å². The van der Waals surface area contributed by atoms with Gasteiger partial charge < -0.3 is 16.2 Å². The zero-order valence-electron chi connectivity index (χ0n) is 7.76. The number of ether oxygens (including phenoxy) is 1. The molecule has 0 aliphatic rings. The summed E-state index contributed by atoms with van der Waals surface area (Å²) in [4.78, 5) is 3.82. The molecule has 0 aliphatic heterocycles. The Morgan fingerprint density at radius 1 is 1.36 bits per heavy atom. The van der Waals surface area contributed by atoms with Gasteiger partial charge in [-0.05, 0) is 18.2 Å². The van der Waals surface area contributed by atoms with E-state index in [1.54, 1.807) is 0 Å². The molecule has 1 rings (SSSR count). The molecule has 1 aromatic carbocycles. The van der Waals surface area contributed by atoms with Crippen molar-refractivity contribution in [2.75, 3.05) is 0 Å². The minimum Gasteiger partial charge on any atom is -0.465 e. The second-order valence-electron chi connectivity index (χ2n) is 2.61. The maximum absolute atomic E-state index is 5.41. The lowest BCUT2D eigenvalue weighted by molar-refractivity contribution is 0.260. The number of nitrogens with zero attached hydrogens (tertiary/aromatic N) is 1. The van der Waals surface area contributed by atoms with Crippen LogP contribution in [0.2, 0.25) is 0 Å². The third-order valence-electron chi connectivity index (χ3n) is 1.48. The summed E-state index contributed by atoms with van der Waals surface area (Å²) in [5, 5.41) is 0. The Balaban J connectivity index is 2.67. The third kappa shape index (κ3) is 3.18. The van der Waals surface area contributed by atoms with E-state index >= 15 is 0 Å². The minimum absolute atomic E-state index is 0.0224. The quantitative estimate of drug-likeness (QED) is 0.421. The molecule has 0 radical (unpaired) electrons. The van der Waals surface area contributed by atoms with E-state index in [9.17, 15) is 0 Å². The molecule has 14 heavy (non-hydrogen) atoms. The second-order valence-corrected chi connectivity index (χ2v) is 2.61. The topological polar surface area (TPSA) is 73.6 Å². The van der Waals surface area contributed by atoms with Gasteiger partial charge in [-0.25, -0.2) is 4.99 Å². The van der Waals surface area contributed by atoms with Crippen LogP contribution >= 0.6 is 0 Å². The highest BCUT2D eigenvalue weighted by atomic mass is 16.5. The van der Waals surface area contributed by atoms with Gasteiger partial charge in [-0.1, -0.05) is 24.8 Å². The SMILES string of the molecule is C=CC(N=C(N)N)Oc1ccccc1. The Morgan fingerprint density at radius 3 is 2.50 bits per heavy atom. The monoisotopic (exact) mass is 191 g/mol. The molecule has 4 heteroatoms. The Morgan fingerprint density at radius 2 is 2.00 bits per heavy atom. The standard InChI is InChI=1S/C10H13N3O/c1-2-9(13-10(11)12)14-8-6-4-3-5-7-8/h2-7,9H,1H2,(H4,11,12,13). The molecular formula is C10H13N3O. The lowest BCUT2D eigenvalue weighted by Crippen LogP contribution is -2.26. The van der Waals surface area contributed by atoms with Gasteiger partial charge in [0.25, 0.3) is 0 Å². The zero-order valence-corrected chi connectivity index (χ0v) is 7.76. The number of aliphatic imine (C=N–C) groups is 1. The van der Waals surface area contributed by atoms with Crippen LogP contribution in [-0.2, 0) is 0 Å². The van der Waals surface area contributed by atoms with Crippen LogP contribution in [0, 0.1) is 0 Å². The van der Waals surface area contributed by atoms with E-state index in [1.807, 2.05) is 30.3 Å². The van der Waals surface area contributed by atoms with Crippen LogP contribution in [0.1, 0.15) is 0 Å². The maximum atomic E-state index is 5.41. The van der Waals surface area contributed by atoms with Crippen LogP contribution in [-0.4, -0.2) is 12.2 Å². The Labute approximate surface area is 82.9 Å². The van der Waals surface area contributed by atoms with Crippen molar-refractivity contribution in [3.05, 3.63) is 43.0 Å². The van der Waals surface area contributed by atoms with E-state index in [1.165, 1.54) is 6.08 Å². The van der Waals surface area contributed by atoms with Crippen LogP contribution in [0.4, 0.5) is 0 Å². The van der Waals surface area contributed by atoms with Gasteiger partial charge in [0.05, 0.1) is 0 Å². The molecule has 1 aromatic rings. The van der Waals surface area contributed by atoms with Gasteiger partial charge in [0.15, 0.2) is 5.96 Å². The number of para-hydroxylation sites is 1. The summed E-state index contributed by atoms with van der Waals surface area (Å²) in [5.41, 5.74) is 10.4. The predicted octanol–water partition coefficient (Wildman–Crippen LogP) is 0.851. The normalized spacial score (nSPS) is 11.4. The Bertz CT molecular complexity index is 317. The first-order valence-corrected chi connectivity index (χ1v) is 4.15. The van der Waals surface area contributed by atoms with Crippen molar-refractivity contribution in [2.45, 2.75) is 6.23 Å². The number of rotatable bonds is 4. The molecule has 0 saturated heterocycles. The van der Waals surface area contributed by atoms with E-state index in [0.717, 1.165) is 0 Å². The second kappa shape index (κ2) is 4.91. The van der Waals surface area contributed by atoms with Gasteiger partial charge in [0.1, 0.15) is 5.75 Å². The summed E-state index contributed by atoms with van der Waals surface area (Å²) in [6.45, 7) is 3.57. The van der Waals surface area contributed by atoms with Crippen molar-refractivity contribution in [1.29, 1.82) is 0 Å². The zero-order chi connectivity index (χ0) is 10.4. The molecule has 74 valence electrons. The average molecular weight is 191 g/mol. The molecule has 0 saturated carbocycles. The highest BCUT2D eigenvalue weighted by Gasteiger charge is 2.02. The summed E-state index contributed by atoms with van der Waals surface area (Å²) >= 11 is 0. The van der Waals surface area contributed by atoms with Gasteiger partial charge in [-0.2, -0.15) is 0 Å². The van der Waals surface area contributed by atoms with E-state index in [4.69, 9.17) is 16.2 Å². The Kier molecular flexibility index (Phi) is 3.55. The van der Waals surface area contributed by atoms with E-state index in [0.29, 0.717) is 5.75 Å². The van der Waals surface area contributed by atoms with E-state index < -0.39 is 6.23 Å². The van der Waals surface area contributed by atoms with Gasteiger partial charge in [0.2, 0.25) is 6.23 Å². The first-order chi connectivity index (χ1) is 6.72. The first kappa shape index (κ1) is 10.1. The maximum Gasteiger partial charge on any atom is 0.212 e.